The molecule has 0 saturated heterocycles. The Hall–Kier alpha value is -2.06. The van der Waals surface area contributed by atoms with Crippen LogP contribution in [0.1, 0.15) is 11.1 Å². The number of aliphatic hydroxyl groups is 1. The van der Waals surface area contributed by atoms with E-state index in [-0.39, 0.29) is 6.61 Å². The monoisotopic (exact) mass is 330 g/mol. The molecule has 23 heavy (non-hydrogen) atoms. The molecule has 0 saturated carbocycles. The van der Waals surface area contributed by atoms with Gasteiger partial charge in [-0.05, 0) is 42.9 Å². The summed E-state index contributed by atoms with van der Waals surface area (Å²) in [5.41, 5.74) is 1.61. The molecule has 120 valence electrons. The van der Waals surface area contributed by atoms with E-state index in [9.17, 15) is 5.11 Å². The van der Waals surface area contributed by atoms with E-state index in [2.05, 4.69) is 6.07 Å². The summed E-state index contributed by atoms with van der Waals surface area (Å²) in [7, 11) is 1.92. The lowest BCUT2D eigenvalue weighted by molar-refractivity contribution is 0.0744. The standard InChI is InChI=1S/C18H19ClN2O2/c1-21(11-15-4-2-3-5-18(15)19)12-16(22)13-23-17-8-6-14(10-20)7-9-17/h2-9,16,22H,11-13H2,1H3. The van der Waals surface area contributed by atoms with Crippen molar-refractivity contribution >= 4 is 11.6 Å². The van der Waals surface area contributed by atoms with E-state index in [4.69, 9.17) is 21.6 Å². The van der Waals surface area contributed by atoms with Gasteiger partial charge in [0.2, 0.25) is 0 Å². The van der Waals surface area contributed by atoms with E-state index in [1.54, 1.807) is 24.3 Å². The molecule has 1 unspecified atom stereocenters. The molecule has 0 amide bonds. The van der Waals surface area contributed by atoms with Crippen molar-refractivity contribution < 1.29 is 9.84 Å². The second kappa shape index (κ2) is 8.54. The Bertz CT molecular complexity index is 667. The molecule has 0 aliphatic carbocycles. The van der Waals surface area contributed by atoms with Gasteiger partial charge in [-0.3, -0.25) is 4.90 Å². The average Bonchev–Trinajstić information content (AvgIpc) is 2.55. The molecule has 4 nitrogen and oxygen atoms in total. The number of hydrogen-bond acceptors (Lipinski definition) is 4. The average molecular weight is 331 g/mol. The molecule has 5 heteroatoms. The zero-order chi connectivity index (χ0) is 16.7. The van der Waals surface area contributed by atoms with Crippen LogP contribution in [-0.4, -0.2) is 36.3 Å². The van der Waals surface area contributed by atoms with Crippen LogP contribution in [0.5, 0.6) is 5.75 Å². The lowest BCUT2D eigenvalue weighted by Gasteiger charge is -2.21. The number of hydrogen-bond donors (Lipinski definition) is 1. The van der Waals surface area contributed by atoms with E-state index in [1.807, 2.05) is 36.2 Å². The predicted octanol–water partition coefficient (Wildman–Crippen LogP) is 3.08. The topological polar surface area (TPSA) is 56.5 Å². The van der Waals surface area contributed by atoms with Crippen LogP contribution in [0, 0.1) is 11.3 Å². The van der Waals surface area contributed by atoms with Crippen LogP contribution in [0.2, 0.25) is 5.02 Å². The fourth-order valence-electron chi connectivity index (χ4n) is 2.21. The molecular formula is C18H19ClN2O2. The van der Waals surface area contributed by atoms with Gasteiger partial charge in [-0.1, -0.05) is 29.8 Å². The minimum Gasteiger partial charge on any atom is -0.491 e. The summed E-state index contributed by atoms with van der Waals surface area (Å²) in [6.45, 7) is 1.33. The van der Waals surface area contributed by atoms with Crippen LogP contribution in [0.3, 0.4) is 0 Å². The second-order valence-electron chi connectivity index (χ2n) is 5.39. The van der Waals surface area contributed by atoms with E-state index >= 15 is 0 Å². The Balaban J connectivity index is 1.78. The van der Waals surface area contributed by atoms with E-state index in [0.29, 0.717) is 24.4 Å². The van der Waals surface area contributed by atoms with E-state index in [1.165, 1.54) is 0 Å². The predicted molar refractivity (Wildman–Crippen MR) is 90.4 cm³/mol. The highest BCUT2D eigenvalue weighted by atomic mass is 35.5. The van der Waals surface area contributed by atoms with Crippen molar-refractivity contribution in [3.63, 3.8) is 0 Å². The third-order valence-electron chi connectivity index (χ3n) is 3.35. The van der Waals surface area contributed by atoms with Gasteiger partial charge in [-0.25, -0.2) is 0 Å². The molecule has 0 radical (unpaired) electrons. The lowest BCUT2D eigenvalue weighted by Crippen LogP contribution is -2.32. The Morgan fingerprint density at radius 3 is 2.57 bits per heavy atom. The molecule has 0 bridgehead atoms. The van der Waals surface area contributed by atoms with Gasteiger partial charge in [0, 0.05) is 18.1 Å². The summed E-state index contributed by atoms with van der Waals surface area (Å²) < 4.78 is 5.53. The summed E-state index contributed by atoms with van der Waals surface area (Å²) in [5, 5.41) is 19.5. The molecule has 2 aromatic carbocycles. The van der Waals surface area contributed by atoms with Crippen molar-refractivity contribution in [1.29, 1.82) is 5.26 Å². The lowest BCUT2D eigenvalue weighted by atomic mass is 10.2. The zero-order valence-electron chi connectivity index (χ0n) is 12.9. The molecule has 2 aromatic rings. The van der Waals surface area contributed by atoms with Crippen LogP contribution in [0.25, 0.3) is 0 Å². The van der Waals surface area contributed by atoms with Crippen LogP contribution in [0.15, 0.2) is 48.5 Å². The molecule has 0 aliphatic heterocycles. The number of benzene rings is 2. The van der Waals surface area contributed by atoms with Crippen LogP contribution >= 0.6 is 11.6 Å². The second-order valence-corrected chi connectivity index (χ2v) is 5.80. The van der Waals surface area contributed by atoms with Gasteiger partial charge in [0.1, 0.15) is 18.5 Å². The van der Waals surface area contributed by atoms with Gasteiger partial charge in [-0.15, -0.1) is 0 Å². The number of halogens is 1. The quantitative estimate of drug-likeness (QED) is 0.847. The number of likely N-dealkylation sites (N-methyl/N-ethyl adjacent to an activating group) is 1. The fraction of sp³-hybridized carbons (Fsp3) is 0.278. The van der Waals surface area contributed by atoms with Gasteiger partial charge in [0.05, 0.1) is 11.6 Å². The molecular weight excluding hydrogens is 312 g/mol. The Kier molecular flexibility index (Phi) is 6.42. The van der Waals surface area contributed by atoms with Crippen LogP contribution in [-0.2, 0) is 6.54 Å². The minimum absolute atomic E-state index is 0.193. The molecule has 1 N–H and O–H groups in total. The largest absolute Gasteiger partial charge is 0.491 e. The fourth-order valence-corrected chi connectivity index (χ4v) is 2.41. The number of nitriles is 1. The molecule has 2 rings (SSSR count). The van der Waals surface area contributed by atoms with Gasteiger partial charge in [0.15, 0.2) is 0 Å². The zero-order valence-corrected chi connectivity index (χ0v) is 13.7. The SMILES string of the molecule is CN(Cc1ccccc1Cl)CC(O)COc1ccc(C#N)cc1. The summed E-state index contributed by atoms with van der Waals surface area (Å²) in [4.78, 5) is 1.99. The van der Waals surface area contributed by atoms with Crippen molar-refractivity contribution in [2.75, 3.05) is 20.2 Å². The maximum absolute atomic E-state index is 10.1. The first kappa shape index (κ1) is 17.3. The number of rotatable bonds is 7. The number of ether oxygens (including phenoxy) is 1. The first-order valence-corrected chi connectivity index (χ1v) is 7.69. The maximum Gasteiger partial charge on any atom is 0.119 e. The molecule has 0 spiro atoms. The van der Waals surface area contributed by atoms with Crippen LogP contribution in [0.4, 0.5) is 0 Å². The van der Waals surface area contributed by atoms with Crippen molar-refractivity contribution in [3.8, 4) is 11.8 Å². The summed E-state index contributed by atoms with van der Waals surface area (Å²) in [6, 6.07) is 16.5. The van der Waals surface area contributed by atoms with Crippen molar-refractivity contribution in [2.24, 2.45) is 0 Å². The third kappa shape index (κ3) is 5.57. The smallest absolute Gasteiger partial charge is 0.119 e. The minimum atomic E-state index is -0.613. The maximum atomic E-state index is 10.1. The normalized spacial score (nSPS) is 12.0. The molecule has 0 aromatic heterocycles. The third-order valence-corrected chi connectivity index (χ3v) is 3.72. The molecule has 1 atom stereocenters. The van der Waals surface area contributed by atoms with E-state index < -0.39 is 6.10 Å². The molecule has 0 aliphatic rings. The highest BCUT2D eigenvalue weighted by Crippen LogP contribution is 2.16. The van der Waals surface area contributed by atoms with Gasteiger partial charge < -0.3 is 9.84 Å². The summed E-state index contributed by atoms with van der Waals surface area (Å²) >= 11 is 6.13. The van der Waals surface area contributed by atoms with Crippen molar-refractivity contribution in [1.82, 2.24) is 4.90 Å². The summed E-state index contributed by atoms with van der Waals surface area (Å²) in [6.07, 6.45) is -0.613. The van der Waals surface area contributed by atoms with E-state index in [0.717, 1.165) is 10.6 Å². The van der Waals surface area contributed by atoms with Crippen molar-refractivity contribution in [2.45, 2.75) is 12.6 Å². The van der Waals surface area contributed by atoms with Gasteiger partial charge in [-0.2, -0.15) is 5.26 Å². The Morgan fingerprint density at radius 2 is 1.91 bits per heavy atom. The highest BCUT2D eigenvalue weighted by Gasteiger charge is 2.11. The highest BCUT2D eigenvalue weighted by molar-refractivity contribution is 6.31. The first-order valence-electron chi connectivity index (χ1n) is 7.31. The molecule has 0 heterocycles. The molecule has 0 fully saturated rings. The number of aliphatic hydroxyl groups excluding tert-OH is 1. The van der Waals surface area contributed by atoms with Crippen LogP contribution < -0.4 is 4.74 Å². The van der Waals surface area contributed by atoms with Crippen molar-refractivity contribution in [3.05, 3.63) is 64.7 Å². The van der Waals surface area contributed by atoms with Gasteiger partial charge >= 0.3 is 0 Å². The number of nitrogens with zero attached hydrogens (tertiary/aromatic N) is 2. The summed E-state index contributed by atoms with van der Waals surface area (Å²) in [5.74, 6) is 0.636. The Morgan fingerprint density at radius 1 is 1.22 bits per heavy atom. The first-order chi connectivity index (χ1) is 11.1. The van der Waals surface area contributed by atoms with Gasteiger partial charge in [0.25, 0.3) is 0 Å². The Labute approximate surface area is 141 Å².